The molecule has 4 aliphatic carbocycles. The highest BCUT2D eigenvalue weighted by Gasteiger charge is 2.55. The number of alkyl halides is 2. The number of fused-ring (bicyclic) bond motifs is 5. The van der Waals surface area contributed by atoms with Crippen LogP contribution in [0.25, 0.3) is 0 Å². The van der Waals surface area contributed by atoms with Crippen LogP contribution in [0.5, 0.6) is 0 Å². The Hall–Kier alpha value is -1.21. The van der Waals surface area contributed by atoms with Crippen molar-refractivity contribution in [3.8, 4) is 11.8 Å². The van der Waals surface area contributed by atoms with E-state index >= 15 is 0 Å². The Morgan fingerprint density at radius 3 is 2.78 bits per heavy atom. The average Bonchev–Trinajstić information content (AvgIpc) is 3.08. The zero-order chi connectivity index (χ0) is 19.0. The molecule has 0 aromatic rings. The van der Waals surface area contributed by atoms with Crippen molar-refractivity contribution in [3.05, 3.63) is 11.6 Å². The third-order valence-corrected chi connectivity index (χ3v) is 8.12. The van der Waals surface area contributed by atoms with E-state index in [2.05, 4.69) is 11.8 Å². The van der Waals surface area contributed by atoms with Gasteiger partial charge >= 0.3 is 0 Å². The molecule has 0 aromatic carbocycles. The second-order valence-corrected chi connectivity index (χ2v) is 9.22. The molecule has 6 atom stereocenters. The Morgan fingerprint density at radius 2 is 2.00 bits per heavy atom. The van der Waals surface area contributed by atoms with Gasteiger partial charge in [0.05, 0.1) is 5.92 Å². The van der Waals surface area contributed by atoms with Gasteiger partial charge in [-0.1, -0.05) is 23.8 Å². The fourth-order valence-electron chi connectivity index (χ4n) is 7.15. The maximum absolute atomic E-state index is 13.6. The van der Waals surface area contributed by atoms with Crippen LogP contribution in [0.4, 0.5) is 8.78 Å². The highest BCUT2D eigenvalue weighted by atomic mass is 19.3. The second-order valence-electron chi connectivity index (χ2n) is 9.22. The molecule has 0 saturated heterocycles. The largest absolute Gasteiger partial charge is 0.384 e. The van der Waals surface area contributed by atoms with Crippen molar-refractivity contribution in [2.24, 2.45) is 35.0 Å². The van der Waals surface area contributed by atoms with E-state index in [0.717, 1.165) is 51.4 Å². The smallest absolute Gasteiger partial charge is 0.252 e. The molecule has 4 rings (SSSR count). The first-order valence-corrected chi connectivity index (χ1v) is 10.6. The first-order valence-electron chi connectivity index (χ1n) is 10.6. The summed E-state index contributed by atoms with van der Waals surface area (Å²) in [6, 6.07) is 0. The molecular formula is C23H30F2O2. The molecule has 148 valence electrons. The highest BCUT2D eigenvalue weighted by Crippen LogP contribution is 2.63. The molecule has 0 aromatic heterocycles. The summed E-state index contributed by atoms with van der Waals surface area (Å²) in [6.07, 6.45) is 9.26. The number of carbonyl (C=O) groups excluding carboxylic acids is 1. The number of rotatable bonds is 3. The SMILES string of the molecule is O=C1C=C2CC[C@@H]3[C@H](CC[C@]4(CC(C#CCO)C(F)F)CCC[C@@H]34)[C@H]2CC1. The maximum atomic E-state index is 13.6. The molecule has 0 heterocycles. The Balaban J connectivity index is 1.56. The predicted octanol–water partition coefficient (Wildman–Crippen LogP) is 4.77. The lowest BCUT2D eigenvalue weighted by molar-refractivity contribution is -0.116. The van der Waals surface area contributed by atoms with E-state index in [9.17, 15) is 13.6 Å². The molecule has 2 nitrogen and oxygen atoms in total. The predicted molar refractivity (Wildman–Crippen MR) is 100 cm³/mol. The fourth-order valence-corrected chi connectivity index (χ4v) is 7.15. The quantitative estimate of drug-likeness (QED) is 0.721. The fraction of sp³-hybridized carbons (Fsp3) is 0.783. The first-order chi connectivity index (χ1) is 13.0. The molecule has 4 heteroatoms. The molecule has 3 saturated carbocycles. The Kier molecular flexibility index (Phi) is 5.43. The molecule has 3 fully saturated rings. The van der Waals surface area contributed by atoms with Crippen LogP contribution in [0, 0.1) is 46.8 Å². The third kappa shape index (κ3) is 3.48. The Bertz CT molecular complexity index is 674. The summed E-state index contributed by atoms with van der Waals surface area (Å²) in [7, 11) is 0. The molecule has 27 heavy (non-hydrogen) atoms. The number of aliphatic hydroxyl groups excluding tert-OH is 1. The van der Waals surface area contributed by atoms with Gasteiger partial charge in [0.25, 0.3) is 6.43 Å². The number of hydrogen-bond donors (Lipinski definition) is 1. The van der Waals surface area contributed by atoms with Crippen molar-refractivity contribution in [1.29, 1.82) is 0 Å². The van der Waals surface area contributed by atoms with E-state index in [0.29, 0.717) is 36.5 Å². The van der Waals surface area contributed by atoms with Gasteiger partial charge in [0.2, 0.25) is 0 Å². The zero-order valence-electron chi connectivity index (χ0n) is 15.9. The number of carbonyl (C=O) groups is 1. The number of aliphatic hydroxyl groups is 1. The number of ketones is 1. The van der Waals surface area contributed by atoms with Crippen molar-refractivity contribution in [1.82, 2.24) is 0 Å². The second kappa shape index (κ2) is 7.66. The van der Waals surface area contributed by atoms with Crippen molar-refractivity contribution in [3.63, 3.8) is 0 Å². The van der Waals surface area contributed by atoms with Crippen LogP contribution in [-0.2, 0) is 4.79 Å². The molecule has 4 aliphatic rings. The van der Waals surface area contributed by atoms with E-state index in [1.165, 1.54) is 5.57 Å². The van der Waals surface area contributed by atoms with E-state index in [4.69, 9.17) is 5.11 Å². The molecular weight excluding hydrogens is 346 g/mol. The molecule has 0 spiro atoms. The van der Waals surface area contributed by atoms with Crippen LogP contribution in [0.3, 0.4) is 0 Å². The molecule has 1 unspecified atom stereocenters. The number of allylic oxidation sites excluding steroid dienone is 1. The number of halogens is 2. The minimum absolute atomic E-state index is 0.0120. The van der Waals surface area contributed by atoms with E-state index in [-0.39, 0.29) is 17.8 Å². The Labute approximate surface area is 160 Å². The van der Waals surface area contributed by atoms with Crippen LogP contribution in [0.2, 0.25) is 0 Å². The number of hydrogen-bond acceptors (Lipinski definition) is 2. The van der Waals surface area contributed by atoms with Gasteiger partial charge < -0.3 is 5.11 Å². The normalized spacial score (nSPS) is 39.0. The standard InChI is InChI=1S/C23H30F2O2/c24-22(25)16(3-2-12-26)14-23-10-1-4-21(23)20-7-5-15-13-17(27)6-8-18(15)19(20)9-11-23/h13,16,18-22,26H,1,4-12,14H2/t16?,18-,19+,20+,21-,23-/m0/s1. The van der Waals surface area contributed by atoms with E-state index in [1.807, 2.05) is 6.08 Å². The summed E-state index contributed by atoms with van der Waals surface area (Å²) in [5.41, 5.74) is 1.38. The monoisotopic (exact) mass is 376 g/mol. The van der Waals surface area contributed by atoms with Gasteiger partial charge in [0.15, 0.2) is 5.78 Å². The summed E-state index contributed by atoms with van der Waals surface area (Å²) >= 11 is 0. The lowest BCUT2D eigenvalue weighted by Gasteiger charge is -2.54. The minimum Gasteiger partial charge on any atom is -0.384 e. The first kappa shape index (κ1) is 19.1. The van der Waals surface area contributed by atoms with Gasteiger partial charge in [0.1, 0.15) is 6.61 Å². The van der Waals surface area contributed by atoms with Crippen molar-refractivity contribution < 1.29 is 18.7 Å². The van der Waals surface area contributed by atoms with Gasteiger partial charge in [-0.25, -0.2) is 8.78 Å². The molecule has 0 radical (unpaired) electrons. The molecule has 0 aliphatic heterocycles. The highest BCUT2D eigenvalue weighted by molar-refractivity contribution is 5.91. The summed E-state index contributed by atoms with van der Waals surface area (Å²) in [5, 5.41) is 8.92. The molecule has 0 bridgehead atoms. The lowest BCUT2D eigenvalue weighted by Crippen LogP contribution is -2.46. The zero-order valence-corrected chi connectivity index (χ0v) is 15.9. The van der Waals surface area contributed by atoms with Gasteiger partial charge in [-0.3, -0.25) is 4.79 Å². The van der Waals surface area contributed by atoms with E-state index in [1.54, 1.807) is 0 Å². The van der Waals surface area contributed by atoms with Crippen LogP contribution in [-0.4, -0.2) is 23.9 Å². The van der Waals surface area contributed by atoms with Gasteiger partial charge in [0, 0.05) is 6.42 Å². The van der Waals surface area contributed by atoms with Crippen molar-refractivity contribution in [2.75, 3.05) is 6.61 Å². The summed E-state index contributed by atoms with van der Waals surface area (Å²) < 4.78 is 27.2. The third-order valence-electron chi connectivity index (χ3n) is 8.12. The van der Waals surface area contributed by atoms with Gasteiger partial charge in [-0.2, -0.15) is 0 Å². The van der Waals surface area contributed by atoms with Crippen LogP contribution in [0.15, 0.2) is 11.6 Å². The molecule has 0 amide bonds. The van der Waals surface area contributed by atoms with Gasteiger partial charge in [-0.05, 0) is 86.5 Å². The molecule has 1 N–H and O–H groups in total. The van der Waals surface area contributed by atoms with Crippen LogP contribution < -0.4 is 0 Å². The lowest BCUT2D eigenvalue weighted by atomic mass is 9.51. The summed E-state index contributed by atoms with van der Waals surface area (Å²) in [5.74, 6) is 6.86. The topological polar surface area (TPSA) is 37.3 Å². The summed E-state index contributed by atoms with van der Waals surface area (Å²) in [4.78, 5) is 11.8. The van der Waals surface area contributed by atoms with Crippen molar-refractivity contribution in [2.45, 2.75) is 70.6 Å². The van der Waals surface area contributed by atoms with Crippen molar-refractivity contribution >= 4 is 5.78 Å². The van der Waals surface area contributed by atoms with Crippen LogP contribution >= 0.6 is 0 Å². The minimum atomic E-state index is -2.44. The van der Waals surface area contributed by atoms with Crippen LogP contribution in [0.1, 0.15) is 64.2 Å². The van der Waals surface area contributed by atoms with E-state index < -0.39 is 12.3 Å². The van der Waals surface area contributed by atoms with Gasteiger partial charge in [-0.15, -0.1) is 0 Å². The summed E-state index contributed by atoms with van der Waals surface area (Å²) in [6.45, 7) is -0.347. The average molecular weight is 376 g/mol. The maximum Gasteiger partial charge on any atom is 0.252 e. The Morgan fingerprint density at radius 1 is 1.15 bits per heavy atom.